The van der Waals surface area contributed by atoms with E-state index in [-0.39, 0.29) is 6.04 Å². The highest BCUT2D eigenvalue weighted by Gasteiger charge is 2.15. The zero-order valence-electron chi connectivity index (χ0n) is 12.8. The summed E-state index contributed by atoms with van der Waals surface area (Å²) in [6.07, 6.45) is 0. The van der Waals surface area contributed by atoms with Gasteiger partial charge in [0.15, 0.2) is 0 Å². The van der Waals surface area contributed by atoms with Crippen molar-refractivity contribution in [1.82, 2.24) is 4.90 Å². The van der Waals surface area contributed by atoms with Gasteiger partial charge in [0.2, 0.25) is 0 Å². The Morgan fingerprint density at radius 2 is 1.67 bits per heavy atom. The Labute approximate surface area is 127 Å². The summed E-state index contributed by atoms with van der Waals surface area (Å²) in [5.74, 6) is 0. The zero-order valence-corrected chi connectivity index (χ0v) is 12.8. The normalized spacial score (nSPS) is 12.6. The van der Waals surface area contributed by atoms with E-state index in [1.165, 1.54) is 16.7 Å². The molecule has 0 saturated heterocycles. The minimum atomic E-state index is 0.224. The third-order valence-corrected chi connectivity index (χ3v) is 3.71. The van der Waals surface area contributed by atoms with Crippen molar-refractivity contribution >= 4 is 0 Å². The Kier molecular flexibility index (Phi) is 5.93. The number of hydrogen-bond acceptors (Lipinski definition) is 3. The van der Waals surface area contributed by atoms with Gasteiger partial charge in [0, 0.05) is 26.2 Å². The molecule has 0 heterocycles. The van der Waals surface area contributed by atoms with Crippen LogP contribution in [0.3, 0.4) is 0 Å². The Hall–Kier alpha value is -1.68. The van der Waals surface area contributed by atoms with Crippen LogP contribution in [0.25, 0.3) is 0 Å². The number of nitrogens with two attached hydrogens (primary N) is 1. The van der Waals surface area contributed by atoms with E-state index in [0.29, 0.717) is 13.2 Å². The molecule has 0 fully saturated rings. The van der Waals surface area contributed by atoms with Crippen LogP contribution in [0, 0.1) is 0 Å². The first-order chi connectivity index (χ1) is 10.2. The van der Waals surface area contributed by atoms with Gasteiger partial charge in [-0.3, -0.25) is 4.90 Å². The molecular formula is C18H24N2O. The molecule has 3 nitrogen and oxygen atoms in total. The first-order valence-corrected chi connectivity index (χ1v) is 7.26. The first-order valence-electron chi connectivity index (χ1n) is 7.26. The van der Waals surface area contributed by atoms with Crippen LogP contribution < -0.4 is 5.73 Å². The predicted octanol–water partition coefficient (Wildman–Crippen LogP) is 2.96. The van der Waals surface area contributed by atoms with E-state index in [4.69, 9.17) is 10.5 Å². The highest BCUT2D eigenvalue weighted by molar-refractivity contribution is 5.25. The van der Waals surface area contributed by atoms with Crippen LogP contribution in [0.4, 0.5) is 0 Å². The molecule has 0 amide bonds. The summed E-state index contributed by atoms with van der Waals surface area (Å²) >= 11 is 0. The standard InChI is InChI=1S/C18H24N2O/c1-20(13-15-6-4-3-5-7-15)18(12-19)17-10-8-16(9-11-17)14-21-2/h3-11,18H,12-14,19H2,1-2H3. The van der Waals surface area contributed by atoms with Gasteiger partial charge in [0.05, 0.1) is 6.61 Å². The fraction of sp³-hybridized carbons (Fsp3) is 0.333. The first kappa shape index (κ1) is 15.7. The molecular weight excluding hydrogens is 260 g/mol. The van der Waals surface area contributed by atoms with E-state index in [9.17, 15) is 0 Å². The van der Waals surface area contributed by atoms with Gasteiger partial charge in [0.1, 0.15) is 0 Å². The molecule has 0 bridgehead atoms. The fourth-order valence-corrected chi connectivity index (χ4v) is 2.55. The summed E-state index contributed by atoms with van der Waals surface area (Å²) in [6.45, 7) is 2.14. The molecule has 0 aliphatic carbocycles. The van der Waals surface area contributed by atoms with Gasteiger partial charge in [-0.1, -0.05) is 54.6 Å². The number of benzene rings is 2. The summed E-state index contributed by atoms with van der Waals surface area (Å²) in [4.78, 5) is 2.29. The molecule has 0 aromatic heterocycles. The van der Waals surface area contributed by atoms with Gasteiger partial charge in [-0.15, -0.1) is 0 Å². The van der Waals surface area contributed by atoms with Crippen LogP contribution in [-0.2, 0) is 17.9 Å². The molecule has 0 radical (unpaired) electrons. The lowest BCUT2D eigenvalue weighted by atomic mass is 10.0. The molecule has 2 rings (SSSR count). The van der Waals surface area contributed by atoms with E-state index in [2.05, 4.69) is 60.5 Å². The Morgan fingerprint density at radius 3 is 2.24 bits per heavy atom. The van der Waals surface area contributed by atoms with Crippen molar-refractivity contribution < 1.29 is 4.74 Å². The predicted molar refractivity (Wildman–Crippen MR) is 86.9 cm³/mol. The molecule has 21 heavy (non-hydrogen) atoms. The van der Waals surface area contributed by atoms with E-state index in [1.807, 2.05) is 6.07 Å². The van der Waals surface area contributed by atoms with Crippen LogP contribution in [-0.4, -0.2) is 25.6 Å². The van der Waals surface area contributed by atoms with Gasteiger partial charge < -0.3 is 10.5 Å². The van der Waals surface area contributed by atoms with Crippen molar-refractivity contribution in [3.05, 3.63) is 71.3 Å². The maximum absolute atomic E-state index is 5.99. The number of rotatable bonds is 7. The SMILES string of the molecule is COCc1ccc(C(CN)N(C)Cc2ccccc2)cc1. The number of hydrogen-bond donors (Lipinski definition) is 1. The monoisotopic (exact) mass is 284 g/mol. The Bertz CT molecular complexity index is 525. The molecule has 1 atom stereocenters. The summed E-state index contributed by atoms with van der Waals surface area (Å²) in [6, 6.07) is 19.2. The molecule has 0 aliphatic heterocycles. The molecule has 0 aliphatic rings. The molecule has 2 N–H and O–H groups in total. The van der Waals surface area contributed by atoms with Crippen molar-refractivity contribution in [3.8, 4) is 0 Å². The van der Waals surface area contributed by atoms with Crippen molar-refractivity contribution in [2.45, 2.75) is 19.2 Å². The average molecular weight is 284 g/mol. The smallest absolute Gasteiger partial charge is 0.0713 e. The van der Waals surface area contributed by atoms with Gasteiger partial charge in [-0.05, 0) is 23.7 Å². The lowest BCUT2D eigenvalue weighted by Gasteiger charge is -2.27. The molecule has 0 saturated carbocycles. The third-order valence-electron chi connectivity index (χ3n) is 3.71. The van der Waals surface area contributed by atoms with Crippen molar-refractivity contribution in [1.29, 1.82) is 0 Å². The fourth-order valence-electron chi connectivity index (χ4n) is 2.55. The Balaban J connectivity index is 2.07. The minimum absolute atomic E-state index is 0.224. The van der Waals surface area contributed by atoms with Crippen LogP contribution in [0.15, 0.2) is 54.6 Å². The second kappa shape index (κ2) is 7.93. The van der Waals surface area contributed by atoms with E-state index >= 15 is 0 Å². The van der Waals surface area contributed by atoms with Crippen LogP contribution in [0.2, 0.25) is 0 Å². The van der Waals surface area contributed by atoms with Crippen molar-refractivity contribution in [2.24, 2.45) is 5.73 Å². The van der Waals surface area contributed by atoms with Gasteiger partial charge in [0.25, 0.3) is 0 Å². The summed E-state index contributed by atoms with van der Waals surface area (Å²) < 4.78 is 5.15. The second-order valence-electron chi connectivity index (χ2n) is 5.33. The molecule has 112 valence electrons. The van der Waals surface area contributed by atoms with Crippen molar-refractivity contribution in [3.63, 3.8) is 0 Å². The largest absolute Gasteiger partial charge is 0.380 e. The quantitative estimate of drug-likeness (QED) is 0.849. The van der Waals surface area contributed by atoms with Crippen LogP contribution in [0.1, 0.15) is 22.7 Å². The van der Waals surface area contributed by atoms with Crippen molar-refractivity contribution in [2.75, 3.05) is 20.7 Å². The lowest BCUT2D eigenvalue weighted by molar-refractivity contribution is 0.185. The van der Waals surface area contributed by atoms with Gasteiger partial charge >= 0.3 is 0 Å². The zero-order chi connectivity index (χ0) is 15.1. The molecule has 0 spiro atoms. The molecule has 1 unspecified atom stereocenters. The van der Waals surface area contributed by atoms with Gasteiger partial charge in [-0.2, -0.15) is 0 Å². The number of nitrogens with zero attached hydrogens (tertiary/aromatic N) is 1. The van der Waals surface area contributed by atoms with E-state index in [1.54, 1.807) is 7.11 Å². The molecule has 3 heteroatoms. The summed E-state index contributed by atoms with van der Waals surface area (Å²) in [5.41, 5.74) is 9.72. The third kappa shape index (κ3) is 4.39. The second-order valence-corrected chi connectivity index (χ2v) is 5.33. The highest BCUT2D eigenvalue weighted by Crippen LogP contribution is 2.21. The van der Waals surface area contributed by atoms with Crippen LogP contribution in [0.5, 0.6) is 0 Å². The molecule has 2 aromatic rings. The molecule has 2 aromatic carbocycles. The number of methoxy groups -OCH3 is 1. The average Bonchev–Trinajstić information content (AvgIpc) is 2.51. The Morgan fingerprint density at radius 1 is 1.00 bits per heavy atom. The minimum Gasteiger partial charge on any atom is -0.380 e. The maximum Gasteiger partial charge on any atom is 0.0713 e. The van der Waals surface area contributed by atoms with Gasteiger partial charge in [-0.25, -0.2) is 0 Å². The van der Waals surface area contributed by atoms with E-state index in [0.717, 1.165) is 6.54 Å². The summed E-state index contributed by atoms with van der Waals surface area (Å²) in [5, 5.41) is 0. The topological polar surface area (TPSA) is 38.5 Å². The van der Waals surface area contributed by atoms with Crippen LogP contribution >= 0.6 is 0 Å². The number of likely N-dealkylation sites (N-methyl/N-ethyl adjacent to an activating group) is 1. The van der Waals surface area contributed by atoms with E-state index < -0.39 is 0 Å². The number of ether oxygens (including phenoxy) is 1. The maximum atomic E-state index is 5.99. The lowest BCUT2D eigenvalue weighted by Crippen LogP contribution is -2.30. The summed E-state index contributed by atoms with van der Waals surface area (Å²) in [7, 11) is 3.83. The highest BCUT2D eigenvalue weighted by atomic mass is 16.5.